The van der Waals surface area contributed by atoms with E-state index in [1.165, 1.54) is 25.1 Å². The van der Waals surface area contributed by atoms with Gasteiger partial charge >= 0.3 is 0 Å². The molecule has 0 aromatic heterocycles. The second kappa shape index (κ2) is 7.87. The number of benzene rings is 1. The molecule has 1 aliphatic heterocycles. The number of anilines is 1. The highest BCUT2D eigenvalue weighted by Crippen LogP contribution is 2.19. The first-order chi connectivity index (χ1) is 9.69. The van der Waals surface area contributed by atoms with Crippen LogP contribution in [0, 0.1) is 5.92 Å². The molecule has 3 nitrogen and oxygen atoms in total. The number of piperazine rings is 1. The summed E-state index contributed by atoms with van der Waals surface area (Å²) in [6, 6.07) is 8.16. The van der Waals surface area contributed by atoms with Crippen LogP contribution < -0.4 is 10.6 Å². The van der Waals surface area contributed by atoms with Crippen LogP contribution in [-0.2, 0) is 0 Å². The zero-order valence-electron chi connectivity index (χ0n) is 12.4. The third-order valence-corrected chi connectivity index (χ3v) is 4.39. The number of hydrogen-bond acceptors (Lipinski definition) is 3. The largest absolute Gasteiger partial charge is 0.369 e. The molecule has 0 radical (unpaired) electrons. The normalized spacial score (nSPS) is 18.2. The maximum absolute atomic E-state index is 5.93. The molecule has 1 atom stereocenters. The van der Waals surface area contributed by atoms with Crippen molar-refractivity contribution in [2.24, 2.45) is 11.7 Å². The van der Waals surface area contributed by atoms with Gasteiger partial charge in [0.25, 0.3) is 0 Å². The van der Waals surface area contributed by atoms with Crippen LogP contribution in [0.15, 0.2) is 24.3 Å². The molecule has 0 saturated carbocycles. The first-order valence-electron chi connectivity index (χ1n) is 7.62. The molecule has 20 heavy (non-hydrogen) atoms. The summed E-state index contributed by atoms with van der Waals surface area (Å²) in [5, 5.41) is 0.807. The van der Waals surface area contributed by atoms with Gasteiger partial charge in [0.05, 0.1) is 0 Å². The Labute approximate surface area is 127 Å². The highest BCUT2D eigenvalue weighted by atomic mass is 35.5. The topological polar surface area (TPSA) is 32.5 Å². The summed E-state index contributed by atoms with van der Waals surface area (Å²) in [5.74, 6) is 0.658. The summed E-state index contributed by atoms with van der Waals surface area (Å²) in [7, 11) is 0. The summed E-state index contributed by atoms with van der Waals surface area (Å²) in [6.07, 6.45) is 2.51. The molecular weight excluding hydrogens is 270 g/mol. The van der Waals surface area contributed by atoms with Crippen molar-refractivity contribution in [3.63, 3.8) is 0 Å². The number of hydrogen-bond donors (Lipinski definition) is 1. The molecule has 0 spiro atoms. The maximum Gasteiger partial charge on any atom is 0.0407 e. The zero-order chi connectivity index (χ0) is 14.4. The minimum absolute atomic E-state index is 0.658. The fourth-order valence-corrected chi connectivity index (χ4v) is 2.79. The summed E-state index contributed by atoms with van der Waals surface area (Å²) < 4.78 is 0. The lowest BCUT2D eigenvalue weighted by molar-refractivity contribution is 0.248. The molecule has 1 aromatic carbocycles. The van der Waals surface area contributed by atoms with E-state index >= 15 is 0 Å². The third-order valence-electron chi connectivity index (χ3n) is 4.14. The molecule has 112 valence electrons. The SMILES string of the molecule is CC(CN)CCCN1CCN(c2ccc(Cl)cc2)CC1. The Balaban J connectivity index is 1.71. The molecule has 0 bridgehead atoms. The minimum atomic E-state index is 0.658. The van der Waals surface area contributed by atoms with Crippen LogP contribution in [0.3, 0.4) is 0 Å². The molecule has 1 heterocycles. The van der Waals surface area contributed by atoms with E-state index in [0.29, 0.717) is 5.92 Å². The molecule has 1 aromatic rings. The van der Waals surface area contributed by atoms with Gasteiger partial charge in [-0.1, -0.05) is 18.5 Å². The minimum Gasteiger partial charge on any atom is -0.369 e. The highest BCUT2D eigenvalue weighted by Gasteiger charge is 2.16. The number of halogens is 1. The van der Waals surface area contributed by atoms with E-state index in [0.717, 1.165) is 37.7 Å². The Morgan fingerprint density at radius 1 is 1.15 bits per heavy atom. The van der Waals surface area contributed by atoms with Crippen molar-refractivity contribution >= 4 is 17.3 Å². The average molecular weight is 296 g/mol. The van der Waals surface area contributed by atoms with E-state index in [2.05, 4.69) is 28.9 Å². The Kier molecular flexibility index (Phi) is 6.14. The summed E-state index contributed by atoms with van der Waals surface area (Å²) >= 11 is 5.93. The molecule has 1 fully saturated rings. The van der Waals surface area contributed by atoms with Crippen LogP contribution >= 0.6 is 11.6 Å². The molecule has 4 heteroatoms. The molecule has 0 amide bonds. The highest BCUT2D eigenvalue weighted by molar-refractivity contribution is 6.30. The maximum atomic E-state index is 5.93. The van der Waals surface area contributed by atoms with Gasteiger partial charge in [0.2, 0.25) is 0 Å². The van der Waals surface area contributed by atoms with Crippen molar-refractivity contribution < 1.29 is 0 Å². The standard InChI is InChI=1S/C16H26ClN3/c1-14(13-18)3-2-8-19-9-11-20(12-10-19)16-6-4-15(17)5-7-16/h4-7,14H,2-3,8-13,18H2,1H3. The van der Waals surface area contributed by atoms with Gasteiger partial charge in [-0.15, -0.1) is 0 Å². The van der Waals surface area contributed by atoms with Crippen LogP contribution in [0.25, 0.3) is 0 Å². The average Bonchev–Trinajstić information content (AvgIpc) is 2.48. The first-order valence-corrected chi connectivity index (χ1v) is 8.00. The predicted molar refractivity (Wildman–Crippen MR) is 87.6 cm³/mol. The Bertz CT molecular complexity index is 385. The fourth-order valence-electron chi connectivity index (χ4n) is 2.66. The Hall–Kier alpha value is -0.770. The smallest absolute Gasteiger partial charge is 0.0407 e. The van der Waals surface area contributed by atoms with Gasteiger partial charge in [0.15, 0.2) is 0 Å². The van der Waals surface area contributed by atoms with Crippen LogP contribution in [-0.4, -0.2) is 44.2 Å². The summed E-state index contributed by atoms with van der Waals surface area (Å²) in [5.41, 5.74) is 6.94. The van der Waals surface area contributed by atoms with Gasteiger partial charge in [0, 0.05) is 36.9 Å². The lowest BCUT2D eigenvalue weighted by Crippen LogP contribution is -2.46. The predicted octanol–water partition coefficient (Wildman–Crippen LogP) is 2.84. The zero-order valence-corrected chi connectivity index (χ0v) is 13.1. The molecule has 2 N–H and O–H groups in total. The lowest BCUT2D eigenvalue weighted by atomic mass is 10.1. The molecular formula is C16H26ClN3. The van der Waals surface area contributed by atoms with Crippen molar-refractivity contribution in [3.8, 4) is 0 Å². The van der Waals surface area contributed by atoms with Crippen LogP contribution in [0.1, 0.15) is 19.8 Å². The summed E-state index contributed by atoms with van der Waals surface area (Å²) in [4.78, 5) is 5.00. The first kappa shape index (κ1) is 15.6. The van der Waals surface area contributed by atoms with Crippen LogP contribution in [0.4, 0.5) is 5.69 Å². The van der Waals surface area contributed by atoms with Gasteiger partial charge in [-0.05, 0) is 56.1 Å². The van der Waals surface area contributed by atoms with E-state index in [9.17, 15) is 0 Å². The monoisotopic (exact) mass is 295 g/mol. The van der Waals surface area contributed by atoms with E-state index in [1.54, 1.807) is 0 Å². The van der Waals surface area contributed by atoms with E-state index in [4.69, 9.17) is 17.3 Å². The van der Waals surface area contributed by atoms with E-state index < -0.39 is 0 Å². The lowest BCUT2D eigenvalue weighted by Gasteiger charge is -2.36. The van der Waals surface area contributed by atoms with Gasteiger partial charge in [-0.25, -0.2) is 0 Å². The van der Waals surface area contributed by atoms with Crippen LogP contribution in [0.5, 0.6) is 0 Å². The molecule has 0 aliphatic carbocycles. The van der Waals surface area contributed by atoms with Crippen molar-refractivity contribution in [1.82, 2.24) is 4.90 Å². The number of rotatable bonds is 6. The number of nitrogens with zero attached hydrogens (tertiary/aromatic N) is 2. The van der Waals surface area contributed by atoms with E-state index in [1.807, 2.05) is 12.1 Å². The molecule has 1 aliphatic rings. The number of nitrogens with two attached hydrogens (primary N) is 1. The van der Waals surface area contributed by atoms with Crippen LogP contribution in [0.2, 0.25) is 5.02 Å². The molecule has 2 rings (SSSR count). The molecule has 1 unspecified atom stereocenters. The van der Waals surface area contributed by atoms with Gasteiger partial charge in [-0.3, -0.25) is 4.90 Å². The van der Waals surface area contributed by atoms with Crippen molar-refractivity contribution in [3.05, 3.63) is 29.3 Å². The fraction of sp³-hybridized carbons (Fsp3) is 0.625. The van der Waals surface area contributed by atoms with Crippen molar-refractivity contribution in [1.29, 1.82) is 0 Å². The second-order valence-electron chi connectivity index (χ2n) is 5.79. The van der Waals surface area contributed by atoms with Gasteiger partial charge < -0.3 is 10.6 Å². The Morgan fingerprint density at radius 2 is 1.80 bits per heavy atom. The molecule has 1 saturated heterocycles. The quantitative estimate of drug-likeness (QED) is 0.876. The van der Waals surface area contributed by atoms with Gasteiger partial charge in [-0.2, -0.15) is 0 Å². The van der Waals surface area contributed by atoms with Gasteiger partial charge in [0.1, 0.15) is 0 Å². The third kappa shape index (κ3) is 4.65. The summed E-state index contributed by atoms with van der Waals surface area (Å²) in [6.45, 7) is 8.77. The van der Waals surface area contributed by atoms with E-state index in [-0.39, 0.29) is 0 Å². The Morgan fingerprint density at radius 3 is 2.40 bits per heavy atom. The second-order valence-corrected chi connectivity index (χ2v) is 6.22. The van der Waals surface area contributed by atoms with Crippen molar-refractivity contribution in [2.45, 2.75) is 19.8 Å². The van der Waals surface area contributed by atoms with Crippen molar-refractivity contribution in [2.75, 3.05) is 44.2 Å².